The predicted octanol–water partition coefficient (Wildman–Crippen LogP) is 1.65. The Balaban J connectivity index is 1.73. The molecule has 1 N–H and O–H groups in total. The van der Waals surface area contributed by atoms with Crippen molar-refractivity contribution in [1.29, 1.82) is 0 Å². The third-order valence-electron chi connectivity index (χ3n) is 4.28. The number of rotatable bonds is 4. The van der Waals surface area contributed by atoms with Gasteiger partial charge in [-0.25, -0.2) is 4.68 Å². The highest BCUT2D eigenvalue weighted by Gasteiger charge is 2.25. The number of carbonyl (C=O) groups is 1. The van der Waals surface area contributed by atoms with Crippen LogP contribution in [0.25, 0.3) is 5.69 Å². The molecule has 1 unspecified atom stereocenters. The normalized spacial score (nSPS) is 18.2. The summed E-state index contributed by atoms with van der Waals surface area (Å²) in [7, 11) is 1.95. The topological polar surface area (TPSA) is 63.1 Å². The van der Waals surface area contributed by atoms with Crippen LogP contribution in [0.3, 0.4) is 0 Å². The number of piperidine rings is 1. The van der Waals surface area contributed by atoms with Crippen LogP contribution in [-0.2, 0) is 0 Å². The smallest absolute Gasteiger partial charge is 0.276 e. The number of hydrogen-bond donors (Lipinski definition) is 1. The molecule has 6 nitrogen and oxygen atoms in total. The Morgan fingerprint density at radius 2 is 2.30 bits per heavy atom. The minimum absolute atomic E-state index is 0.0234. The summed E-state index contributed by atoms with van der Waals surface area (Å²) >= 11 is 0. The second-order valence-corrected chi connectivity index (χ2v) is 6.20. The molecule has 1 fully saturated rings. The van der Waals surface area contributed by atoms with Crippen molar-refractivity contribution in [2.75, 3.05) is 26.7 Å². The van der Waals surface area contributed by atoms with Gasteiger partial charge in [-0.15, -0.1) is 5.10 Å². The van der Waals surface area contributed by atoms with Crippen LogP contribution in [0.1, 0.15) is 28.9 Å². The van der Waals surface area contributed by atoms with Gasteiger partial charge in [-0.05, 0) is 57.0 Å². The fraction of sp³-hybridized carbons (Fsp3) is 0.471. The first-order valence-electron chi connectivity index (χ1n) is 8.10. The van der Waals surface area contributed by atoms with Crippen molar-refractivity contribution >= 4 is 5.91 Å². The molecule has 0 spiro atoms. The number of amides is 1. The van der Waals surface area contributed by atoms with Crippen LogP contribution in [0.4, 0.5) is 0 Å². The van der Waals surface area contributed by atoms with Gasteiger partial charge in [0.15, 0.2) is 5.69 Å². The van der Waals surface area contributed by atoms with Crippen LogP contribution >= 0.6 is 0 Å². The molecule has 0 radical (unpaired) electrons. The fourth-order valence-corrected chi connectivity index (χ4v) is 3.13. The van der Waals surface area contributed by atoms with Crippen LogP contribution in [0.15, 0.2) is 30.5 Å². The number of likely N-dealkylation sites (tertiary alicyclic amines) is 1. The number of nitrogens with one attached hydrogen (secondary N) is 1. The second-order valence-electron chi connectivity index (χ2n) is 6.20. The van der Waals surface area contributed by atoms with E-state index in [0.29, 0.717) is 11.6 Å². The van der Waals surface area contributed by atoms with Crippen molar-refractivity contribution in [2.24, 2.45) is 5.92 Å². The lowest BCUT2D eigenvalue weighted by molar-refractivity contribution is 0.0668. The minimum atomic E-state index is -0.0234. The lowest BCUT2D eigenvalue weighted by atomic mass is 9.98. The third-order valence-corrected chi connectivity index (χ3v) is 4.28. The molecule has 1 aromatic carbocycles. The van der Waals surface area contributed by atoms with Crippen molar-refractivity contribution in [2.45, 2.75) is 19.8 Å². The van der Waals surface area contributed by atoms with Crippen LogP contribution in [0.5, 0.6) is 0 Å². The van der Waals surface area contributed by atoms with Gasteiger partial charge < -0.3 is 10.2 Å². The number of nitrogens with zero attached hydrogens (tertiary/aromatic N) is 4. The lowest BCUT2D eigenvalue weighted by Crippen LogP contribution is -2.42. The number of aryl methyl sites for hydroxylation is 1. The monoisotopic (exact) mass is 313 g/mol. The quantitative estimate of drug-likeness (QED) is 0.932. The Morgan fingerprint density at radius 3 is 3.09 bits per heavy atom. The Labute approximate surface area is 136 Å². The van der Waals surface area contributed by atoms with E-state index in [1.807, 2.05) is 43.1 Å². The van der Waals surface area contributed by atoms with E-state index < -0.39 is 0 Å². The van der Waals surface area contributed by atoms with Crippen molar-refractivity contribution in [1.82, 2.24) is 25.2 Å². The summed E-state index contributed by atoms with van der Waals surface area (Å²) in [6.07, 6.45) is 3.93. The first-order valence-corrected chi connectivity index (χ1v) is 8.10. The summed E-state index contributed by atoms with van der Waals surface area (Å²) in [6, 6.07) is 7.98. The molecule has 1 amide bonds. The fourth-order valence-electron chi connectivity index (χ4n) is 3.13. The van der Waals surface area contributed by atoms with E-state index in [2.05, 4.69) is 15.6 Å². The highest BCUT2D eigenvalue weighted by Crippen LogP contribution is 2.18. The summed E-state index contributed by atoms with van der Waals surface area (Å²) in [5, 5.41) is 11.4. The van der Waals surface area contributed by atoms with Gasteiger partial charge in [0.05, 0.1) is 11.9 Å². The summed E-state index contributed by atoms with van der Waals surface area (Å²) in [4.78, 5) is 14.5. The molecule has 1 atom stereocenters. The number of aromatic nitrogens is 3. The first-order chi connectivity index (χ1) is 11.2. The van der Waals surface area contributed by atoms with Crippen molar-refractivity contribution in [3.05, 3.63) is 41.7 Å². The van der Waals surface area contributed by atoms with E-state index in [0.717, 1.165) is 37.3 Å². The van der Waals surface area contributed by atoms with Crippen molar-refractivity contribution in [3.8, 4) is 5.69 Å². The van der Waals surface area contributed by atoms with Gasteiger partial charge in [0.25, 0.3) is 5.91 Å². The van der Waals surface area contributed by atoms with Gasteiger partial charge in [0.2, 0.25) is 0 Å². The van der Waals surface area contributed by atoms with E-state index in [4.69, 9.17) is 0 Å². The zero-order valence-electron chi connectivity index (χ0n) is 13.7. The van der Waals surface area contributed by atoms with E-state index in [1.54, 1.807) is 10.9 Å². The minimum Gasteiger partial charge on any atom is -0.337 e. The zero-order chi connectivity index (χ0) is 16.2. The Bertz CT molecular complexity index is 679. The first kappa shape index (κ1) is 15.7. The van der Waals surface area contributed by atoms with Crippen molar-refractivity contribution in [3.63, 3.8) is 0 Å². The molecular formula is C17H23N5O. The average molecular weight is 313 g/mol. The van der Waals surface area contributed by atoms with Crippen LogP contribution in [-0.4, -0.2) is 52.5 Å². The molecule has 2 heterocycles. The molecule has 2 aromatic rings. The van der Waals surface area contributed by atoms with E-state index in [-0.39, 0.29) is 5.91 Å². The molecule has 122 valence electrons. The zero-order valence-corrected chi connectivity index (χ0v) is 13.7. The molecule has 0 aliphatic carbocycles. The van der Waals surface area contributed by atoms with Gasteiger partial charge in [-0.3, -0.25) is 4.79 Å². The summed E-state index contributed by atoms with van der Waals surface area (Å²) < 4.78 is 1.66. The van der Waals surface area contributed by atoms with E-state index in [9.17, 15) is 4.79 Å². The molecule has 23 heavy (non-hydrogen) atoms. The van der Waals surface area contributed by atoms with E-state index >= 15 is 0 Å². The largest absolute Gasteiger partial charge is 0.337 e. The van der Waals surface area contributed by atoms with Crippen LogP contribution in [0.2, 0.25) is 0 Å². The third kappa shape index (κ3) is 3.59. The maximum Gasteiger partial charge on any atom is 0.276 e. The lowest BCUT2D eigenvalue weighted by Gasteiger charge is -2.32. The van der Waals surface area contributed by atoms with E-state index in [1.165, 1.54) is 6.42 Å². The molecule has 6 heteroatoms. The Hall–Kier alpha value is -2.21. The standard InChI is InChI=1S/C17H23N5O/c1-13-5-3-7-15(9-13)22-12-16(19-20-22)17(23)21-8-4-6-14(11-21)10-18-2/h3,5,7,9,12,14,18H,4,6,8,10-11H2,1-2H3. The molecular weight excluding hydrogens is 290 g/mol. The Kier molecular flexibility index (Phi) is 4.71. The summed E-state index contributed by atoms with van der Waals surface area (Å²) in [5.74, 6) is 0.495. The molecule has 3 rings (SSSR count). The summed E-state index contributed by atoms with van der Waals surface area (Å²) in [6.45, 7) is 4.56. The maximum absolute atomic E-state index is 12.7. The number of hydrogen-bond acceptors (Lipinski definition) is 4. The van der Waals surface area contributed by atoms with Gasteiger partial charge in [-0.2, -0.15) is 0 Å². The van der Waals surface area contributed by atoms with Gasteiger partial charge >= 0.3 is 0 Å². The highest BCUT2D eigenvalue weighted by molar-refractivity contribution is 5.92. The van der Waals surface area contributed by atoms with Gasteiger partial charge in [-0.1, -0.05) is 17.3 Å². The molecule has 1 aromatic heterocycles. The molecule has 1 saturated heterocycles. The molecule has 0 saturated carbocycles. The number of benzene rings is 1. The van der Waals surface area contributed by atoms with Crippen molar-refractivity contribution < 1.29 is 4.79 Å². The summed E-state index contributed by atoms with van der Waals surface area (Å²) in [5.41, 5.74) is 2.48. The molecule has 1 aliphatic rings. The number of carbonyl (C=O) groups excluding carboxylic acids is 1. The second kappa shape index (κ2) is 6.91. The highest BCUT2D eigenvalue weighted by atomic mass is 16.2. The SMILES string of the molecule is CNCC1CCCN(C(=O)c2cn(-c3cccc(C)c3)nn2)C1. The maximum atomic E-state index is 12.7. The average Bonchev–Trinajstić information content (AvgIpc) is 3.05. The van der Waals surface area contributed by atoms with Gasteiger partial charge in [0, 0.05) is 13.1 Å². The molecule has 0 bridgehead atoms. The molecule has 1 aliphatic heterocycles. The predicted molar refractivity (Wildman–Crippen MR) is 88.7 cm³/mol. The van der Waals surface area contributed by atoms with Gasteiger partial charge in [0.1, 0.15) is 0 Å². The van der Waals surface area contributed by atoms with Crippen LogP contribution < -0.4 is 5.32 Å². The van der Waals surface area contributed by atoms with Crippen LogP contribution in [0, 0.1) is 12.8 Å². The Morgan fingerprint density at radius 1 is 1.43 bits per heavy atom.